The number of methoxy groups -OCH3 is 4. The van der Waals surface area contributed by atoms with Gasteiger partial charge in [0.05, 0.1) is 32.5 Å². The molecule has 1 unspecified atom stereocenters. The lowest BCUT2D eigenvalue weighted by atomic mass is 9.96. The lowest BCUT2D eigenvalue weighted by molar-refractivity contribution is -0.113. The lowest BCUT2D eigenvalue weighted by Crippen LogP contribution is -2.38. The molecule has 1 aliphatic heterocycles. The van der Waals surface area contributed by atoms with Gasteiger partial charge in [-0.05, 0) is 35.9 Å². The minimum Gasteiger partial charge on any atom is -0.493 e. The van der Waals surface area contributed by atoms with Crippen LogP contribution in [0.15, 0.2) is 42.5 Å². The molecular formula is C23H24FN3O5. The zero-order valence-corrected chi connectivity index (χ0v) is 18.2. The molecule has 8 nitrogen and oxygen atoms in total. The Balaban J connectivity index is 1.85. The van der Waals surface area contributed by atoms with Gasteiger partial charge in [-0.15, -0.1) is 0 Å². The Labute approximate surface area is 184 Å². The third kappa shape index (κ3) is 3.69. The van der Waals surface area contributed by atoms with Crippen LogP contribution in [0.4, 0.5) is 4.39 Å². The summed E-state index contributed by atoms with van der Waals surface area (Å²) in [6.45, 7) is 0.182. The molecule has 9 heteroatoms. The Hall–Kier alpha value is -3.43. The van der Waals surface area contributed by atoms with E-state index in [0.717, 1.165) is 11.1 Å². The number of benzene rings is 2. The smallest absolute Gasteiger partial charge is 0.273 e. The number of nitrogens with zero attached hydrogens (tertiary/aromatic N) is 2. The Kier molecular flexibility index (Phi) is 6.11. The van der Waals surface area contributed by atoms with E-state index >= 15 is 0 Å². The second-order valence-corrected chi connectivity index (χ2v) is 7.24. The van der Waals surface area contributed by atoms with Gasteiger partial charge in [0, 0.05) is 25.3 Å². The number of fused-ring (bicyclic) bond motifs is 1. The van der Waals surface area contributed by atoms with Gasteiger partial charge in [0.25, 0.3) is 5.91 Å². The number of rotatable bonds is 8. The third-order valence-corrected chi connectivity index (χ3v) is 5.58. The number of ether oxygens (including phenoxy) is 4. The van der Waals surface area contributed by atoms with E-state index in [1.807, 2.05) is 6.07 Å². The van der Waals surface area contributed by atoms with Crippen molar-refractivity contribution >= 4 is 5.91 Å². The fourth-order valence-electron chi connectivity index (χ4n) is 3.99. The number of hydrogen-bond donors (Lipinski definition) is 1. The van der Waals surface area contributed by atoms with Crippen LogP contribution < -0.4 is 9.47 Å². The molecular weight excluding hydrogens is 417 g/mol. The summed E-state index contributed by atoms with van der Waals surface area (Å²) in [5, 5.41) is 7.31. The predicted octanol–water partition coefficient (Wildman–Crippen LogP) is 3.40. The topological polar surface area (TPSA) is 85.9 Å². The van der Waals surface area contributed by atoms with Crippen LogP contribution in [-0.2, 0) is 9.47 Å². The summed E-state index contributed by atoms with van der Waals surface area (Å²) in [5.41, 5.74) is 3.15. The number of carbonyl (C=O) groups is 1. The second kappa shape index (κ2) is 8.97. The van der Waals surface area contributed by atoms with Gasteiger partial charge in [-0.3, -0.25) is 9.89 Å². The number of hydrogen-bond acceptors (Lipinski definition) is 6. The highest BCUT2D eigenvalue weighted by Gasteiger charge is 2.43. The van der Waals surface area contributed by atoms with Crippen LogP contribution in [0.5, 0.6) is 11.5 Å². The maximum Gasteiger partial charge on any atom is 0.273 e. The summed E-state index contributed by atoms with van der Waals surface area (Å²) in [6.07, 6.45) is -0.622. The van der Waals surface area contributed by atoms with Gasteiger partial charge >= 0.3 is 0 Å². The van der Waals surface area contributed by atoms with E-state index in [0.29, 0.717) is 28.5 Å². The van der Waals surface area contributed by atoms with Gasteiger partial charge in [0.2, 0.25) is 0 Å². The molecule has 0 spiro atoms. The molecule has 0 saturated carbocycles. The Morgan fingerprint density at radius 2 is 1.72 bits per heavy atom. The first-order valence-electron chi connectivity index (χ1n) is 9.95. The van der Waals surface area contributed by atoms with Crippen molar-refractivity contribution in [2.45, 2.75) is 12.3 Å². The number of aromatic amines is 1. The van der Waals surface area contributed by atoms with Gasteiger partial charge < -0.3 is 23.8 Å². The zero-order chi connectivity index (χ0) is 22.8. The molecule has 0 radical (unpaired) electrons. The van der Waals surface area contributed by atoms with E-state index < -0.39 is 12.3 Å². The highest BCUT2D eigenvalue weighted by atomic mass is 19.1. The van der Waals surface area contributed by atoms with Crippen LogP contribution in [0, 0.1) is 5.82 Å². The van der Waals surface area contributed by atoms with Crippen molar-refractivity contribution in [3.8, 4) is 22.8 Å². The summed E-state index contributed by atoms with van der Waals surface area (Å²) in [7, 11) is 6.14. The quantitative estimate of drug-likeness (QED) is 0.540. The largest absolute Gasteiger partial charge is 0.493 e. The average Bonchev–Trinajstić information content (AvgIpc) is 3.36. The molecule has 0 fully saturated rings. The van der Waals surface area contributed by atoms with Gasteiger partial charge in [0.1, 0.15) is 11.5 Å². The van der Waals surface area contributed by atoms with Crippen molar-refractivity contribution in [1.82, 2.24) is 15.1 Å². The van der Waals surface area contributed by atoms with Crippen molar-refractivity contribution in [2.24, 2.45) is 0 Å². The molecule has 4 rings (SSSR count). The molecule has 1 aromatic heterocycles. The highest BCUT2D eigenvalue weighted by molar-refractivity contribution is 6.00. The maximum atomic E-state index is 13.6. The van der Waals surface area contributed by atoms with Crippen molar-refractivity contribution in [2.75, 3.05) is 35.0 Å². The molecule has 32 heavy (non-hydrogen) atoms. The summed E-state index contributed by atoms with van der Waals surface area (Å²) >= 11 is 0. The van der Waals surface area contributed by atoms with Crippen LogP contribution in [0.3, 0.4) is 0 Å². The Morgan fingerprint density at radius 3 is 2.34 bits per heavy atom. The normalized spacial score (nSPS) is 15.4. The van der Waals surface area contributed by atoms with Crippen molar-refractivity contribution in [1.29, 1.82) is 0 Å². The van der Waals surface area contributed by atoms with Crippen LogP contribution in [-0.4, -0.2) is 62.3 Å². The number of carbonyl (C=O) groups excluding carboxylic acids is 1. The maximum absolute atomic E-state index is 13.6. The number of nitrogens with one attached hydrogen (secondary N) is 1. The summed E-state index contributed by atoms with van der Waals surface area (Å²) in [4.78, 5) is 14.9. The molecule has 2 heterocycles. The molecule has 3 aromatic rings. The van der Waals surface area contributed by atoms with Gasteiger partial charge in [0.15, 0.2) is 17.8 Å². The van der Waals surface area contributed by atoms with Gasteiger partial charge in [-0.1, -0.05) is 12.1 Å². The van der Waals surface area contributed by atoms with E-state index in [2.05, 4.69) is 10.2 Å². The first-order valence-corrected chi connectivity index (χ1v) is 9.95. The first-order chi connectivity index (χ1) is 15.5. The van der Waals surface area contributed by atoms with Gasteiger partial charge in [-0.25, -0.2) is 4.39 Å². The molecule has 1 aliphatic rings. The molecule has 0 bridgehead atoms. The SMILES string of the molecule is COc1ccc(-c2n[nH]c3c2C(c2ccc(F)cc2)N(CC(OC)OC)C3=O)cc1OC. The summed E-state index contributed by atoms with van der Waals surface area (Å²) in [6, 6.07) is 11.0. The molecule has 1 amide bonds. The highest BCUT2D eigenvalue weighted by Crippen LogP contribution is 2.44. The molecule has 1 N–H and O–H groups in total. The minimum atomic E-state index is -0.622. The van der Waals surface area contributed by atoms with Crippen LogP contribution in [0.2, 0.25) is 0 Å². The second-order valence-electron chi connectivity index (χ2n) is 7.24. The number of aromatic nitrogens is 2. The molecule has 0 aliphatic carbocycles. The van der Waals surface area contributed by atoms with Crippen molar-refractivity contribution in [3.63, 3.8) is 0 Å². The molecule has 2 aromatic carbocycles. The summed E-state index contributed by atoms with van der Waals surface area (Å²) in [5.74, 6) is 0.524. The molecule has 168 valence electrons. The fourth-order valence-corrected chi connectivity index (χ4v) is 3.99. The predicted molar refractivity (Wildman–Crippen MR) is 114 cm³/mol. The van der Waals surface area contributed by atoms with Gasteiger partial charge in [-0.2, -0.15) is 5.10 Å². The molecule has 0 saturated heterocycles. The zero-order valence-electron chi connectivity index (χ0n) is 18.2. The average molecular weight is 441 g/mol. The van der Waals surface area contributed by atoms with E-state index in [4.69, 9.17) is 18.9 Å². The van der Waals surface area contributed by atoms with Crippen LogP contribution in [0.25, 0.3) is 11.3 Å². The minimum absolute atomic E-state index is 0.182. The first kappa shape index (κ1) is 21.8. The van der Waals surface area contributed by atoms with Crippen LogP contribution in [0.1, 0.15) is 27.7 Å². The summed E-state index contributed by atoms with van der Waals surface area (Å²) < 4.78 is 35.0. The fraction of sp³-hybridized carbons (Fsp3) is 0.304. The van der Waals surface area contributed by atoms with E-state index in [1.165, 1.54) is 26.4 Å². The third-order valence-electron chi connectivity index (χ3n) is 5.58. The number of halogens is 1. The number of H-pyrrole nitrogens is 1. The Bertz CT molecular complexity index is 1110. The van der Waals surface area contributed by atoms with Crippen LogP contribution >= 0.6 is 0 Å². The monoisotopic (exact) mass is 441 g/mol. The Morgan fingerprint density at radius 1 is 1.03 bits per heavy atom. The lowest BCUT2D eigenvalue weighted by Gasteiger charge is -2.29. The van der Waals surface area contributed by atoms with E-state index in [1.54, 1.807) is 43.4 Å². The molecule has 1 atom stereocenters. The van der Waals surface area contributed by atoms with E-state index in [-0.39, 0.29) is 18.3 Å². The van der Waals surface area contributed by atoms with Crippen molar-refractivity contribution in [3.05, 3.63) is 65.1 Å². The number of amides is 1. The standard InChI is InChI=1S/C23H24FN3O5/c1-29-16-10-7-14(11-17(16)30-2)20-19-21(26-25-20)23(28)27(12-18(31-3)32-4)22(19)13-5-8-15(24)9-6-13/h5-11,18,22H,12H2,1-4H3,(H,25,26). The van der Waals surface area contributed by atoms with E-state index in [9.17, 15) is 9.18 Å². The van der Waals surface area contributed by atoms with Crippen molar-refractivity contribution < 1.29 is 28.1 Å².